The molecule has 0 aromatic heterocycles. The van der Waals surface area contributed by atoms with Crippen molar-refractivity contribution in [2.45, 2.75) is 5.60 Å². The van der Waals surface area contributed by atoms with Crippen LogP contribution >= 0.6 is 0 Å². The maximum Gasteiger partial charge on any atom is 0.143 e. The van der Waals surface area contributed by atoms with Gasteiger partial charge in [-0.25, -0.2) is 0 Å². The topological polar surface area (TPSA) is 36.9 Å². The summed E-state index contributed by atoms with van der Waals surface area (Å²) in [5.41, 5.74) is 2.52. The van der Waals surface area contributed by atoms with Gasteiger partial charge < -0.3 is 18.9 Å². The van der Waals surface area contributed by atoms with Crippen molar-refractivity contribution in [2.75, 3.05) is 39.6 Å². The summed E-state index contributed by atoms with van der Waals surface area (Å²) >= 11 is 0. The second-order valence-corrected chi connectivity index (χ2v) is 8.01. The number of hydrogen-bond acceptors (Lipinski definition) is 4. The van der Waals surface area contributed by atoms with Gasteiger partial charge in [0, 0.05) is 0 Å². The van der Waals surface area contributed by atoms with Crippen molar-refractivity contribution in [3.05, 3.63) is 138 Å². The highest BCUT2D eigenvalue weighted by Gasteiger charge is 2.37. The predicted molar refractivity (Wildman–Crippen MR) is 139 cm³/mol. The number of rotatable bonds is 14. The molecule has 0 heterocycles. The molecule has 35 heavy (non-hydrogen) atoms. The van der Waals surface area contributed by atoms with Gasteiger partial charge in [-0.05, 0) is 28.8 Å². The highest BCUT2D eigenvalue weighted by atomic mass is 16.6. The van der Waals surface area contributed by atoms with E-state index < -0.39 is 5.60 Å². The molecule has 0 aliphatic heterocycles. The zero-order valence-electron chi connectivity index (χ0n) is 19.9. The molecular weight excluding hydrogens is 436 g/mol. The van der Waals surface area contributed by atoms with Gasteiger partial charge in [-0.1, -0.05) is 109 Å². The van der Waals surface area contributed by atoms with E-state index in [2.05, 4.69) is 72.8 Å². The first-order valence-electron chi connectivity index (χ1n) is 12.0. The van der Waals surface area contributed by atoms with E-state index in [1.165, 1.54) is 0 Å². The molecule has 180 valence electrons. The van der Waals surface area contributed by atoms with Gasteiger partial charge in [0.2, 0.25) is 0 Å². The molecule has 4 aromatic rings. The van der Waals surface area contributed by atoms with Crippen molar-refractivity contribution >= 4 is 0 Å². The number of para-hydroxylation sites is 1. The van der Waals surface area contributed by atoms with E-state index in [4.69, 9.17) is 18.9 Å². The molecule has 4 rings (SSSR count). The lowest BCUT2D eigenvalue weighted by Crippen LogP contribution is -2.34. The fraction of sp³-hybridized carbons (Fsp3) is 0.226. The first kappa shape index (κ1) is 24.7. The summed E-state index contributed by atoms with van der Waals surface area (Å²) in [6.07, 6.45) is 0. The Balaban J connectivity index is 1.31. The Hall–Kier alpha value is -3.44. The zero-order valence-corrected chi connectivity index (χ0v) is 19.9. The molecule has 0 atom stereocenters. The Kier molecular flexibility index (Phi) is 9.48. The predicted octanol–water partition coefficient (Wildman–Crippen LogP) is 6.11. The fourth-order valence-electron chi connectivity index (χ4n) is 4.08. The van der Waals surface area contributed by atoms with Gasteiger partial charge >= 0.3 is 0 Å². The summed E-state index contributed by atoms with van der Waals surface area (Å²) < 4.78 is 23.8. The van der Waals surface area contributed by atoms with Crippen LogP contribution in [0.4, 0.5) is 0 Å². The monoisotopic (exact) mass is 468 g/mol. The third-order valence-electron chi connectivity index (χ3n) is 5.70. The van der Waals surface area contributed by atoms with Crippen LogP contribution in [0.5, 0.6) is 5.75 Å². The Morgan fingerprint density at radius 2 is 0.771 bits per heavy atom. The molecule has 0 amide bonds. The normalized spacial score (nSPS) is 11.3. The van der Waals surface area contributed by atoms with Gasteiger partial charge in [0.1, 0.15) is 18.0 Å². The van der Waals surface area contributed by atoms with Crippen LogP contribution in [-0.2, 0) is 19.8 Å². The largest absolute Gasteiger partial charge is 0.491 e. The summed E-state index contributed by atoms with van der Waals surface area (Å²) in [6.45, 7) is 2.96. The van der Waals surface area contributed by atoms with Crippen LogP contribution in [0.3, 0.4) is 0 Å². The molecule has 0 saturated heterocycles. The number of benzene rings is 4. The third-order valence-corrected chi connectivity index (χ3v) is 5.70. The molecule has 0 aliphatic rings. The quantitative estimate of drug-likeness (QED) is 0.165. The van der Waals surface area contributed by atoms with Crippen LogP contribution in [0.1, 0.15) is 16.7 Å². The van der Waals surface area contributed by atoms with Crippen molar-refractivity contribution in [1.82, 2.24) is 0 Å². The Labute approximate surface area is 208 Å². The van der Waals surface area contributed by atoms with E-state index in [9.17, 15) is 0 Å². The summed E-state index contributed by atoms with van der Waals surface area (Å²) in [5.74, 6) is 0.850. The molecule has 0 unspecified atom stereocenters. The summed E-state index contributed by atoms with van der Waals surface area (Å²) in [4.78, 5) is 0. The second kappa shape index (κ2) is 13.4. The molecule has 0 fully saturated rings. The Bertz CT molecular complexity index is 989. The van der Waals surface area contributed by atoms with Crippen molar-refractivity contribution in [1.29, 1.82) is 0 Å². The summed E-state index contributed by atoms with van der Waals surface area (Å²) in [6, 6.07) is 40.8. The van der Waals surface area contributed by atoms with Crippen molar-refractivity contribution in [3.63, 3.8) is 0 Å². The maximum atomic E-state index is 6.70. The summed E-state index contributed by atoms with van der Waals surface area (Å²) in [5, 5.41) is 0. The van der Waals surface area contributed by atoms with Gasteiger partial charge in [-0.15, -0.1) is 0 Å². The molecule has 0 N–H and O–H groups in total. The van der Waals surface area contributed by atoms with E-state index in [0.717, 1.165) is 22.4 Å². The van der Waals surface area contributed by atoms with Crippen LogP contribution in [0.25, 0.3) is 0 Å². The summed E-state index contributed by atoms with van der Waals surface area (Å²) in [7, 11) is 0. The molecule has 0 spiro atoms. The first-order chi connectivity index (χ1) is 17.4. The minimum absolute atomic E-state index is 0.440. The SMILES string of the molecule is c1ccc(OCCOCCOCCOC(c2ccccc2)(c2ccccc2)c2ccccc2)cc1. The van der Waals surface area contributed by atoms with Crippen LogP contribution < -0.4 is 4.74 Å². The zero-order chi connectivity index (χ0) is 24.0. The lowest BCUT2D eigenvalue weighted by atomic mass is 9.80. The maximum absolute atomic E-state index is 6.70. The van der Waals surface area contributed by atoms with Crippen LogP contribution in [0.15, 0.2) is 121 Å². The molecule has 4 heteroatoms. The third kappa shape index (κ3) is 6.80. The van der Waals surface area contributed by atoms with Crippen LogP contribution in [0, 0.1) is 0 Å². The molecule has 4 nitrogen and oxygen atoms in total. The first-order valence-corrected chi connectivity index (χ1v) is 12.0. The van der Waals surface area contributed by atoms with E-state index in [-0.39, 0.29) is 0 Å². The minimum Gasteiger partial charge on any atom is -0.491 e. The molecule has 0 aliphatic carbocycles. The van der Waals surface area contributed by atoms with Crippen molar-refractivity contribution in [2.24, 2.45) is 0 Å². The number of ether oxygens (including phenoxy) is 4. The molecule has 0 bridgehead atoms. The molecule has 0 radical (unpaired) electrons. The van der Waals surface area contributed by atoms with Gasteiger partial charge in [0.15, 0.2) is 0 Å². The highest BCUT2D eigenvalue weighted by molar-refractivity contribution is 5.47. The van der Waals surface area contributed by atoms with Gasteiger partial charge in [-0.3, -0.25) is 0 Å². The molecule has 4 aromatic carbocycles. The molecular formula is C31H32O4. The smallest absolute Gasteiger partial charge is 0.143 e. The van der Waals surface area contributed by atoms with E-state index in [1.54, 1.807) is 0 Å². The standard InChI is InChI=1S/C31H32O4/c1-5-13-27(14-6-1)31(28-15-7-2-8-16-28,29-17-9-3-10-18-29)35-26-24-33-22-21-32-23-25-34-30-19-11-4-12-20-30/h1-20H,21-26H2. The van der Waals surface area contributed by atoms with E-state index >= 15 is 0 Å². The number of hydrogen-bond donors (Lipinski definition) is 0. The van der Waals surface area contributed by atoms with Crippen molar-refractivity contribution < 1.29 is 18.9 Å². The minimum atomic E-state index is -0.724. The van der Waals surface area contributed by atoms with Gasteiger partial charge in [-0.2, -0.15) is 0 Å². The second-order valence-electron chi connectivity index (χ2n) is 8.01. The lowest BCUT2D eigenvalue weighted by Gasteiger charge is -2.36. The van der Waals surface area contributed by atoms with Crippen molar-refractivity contribution in [3.8, 4) is 5.75 Å². The van der Waals surface area contributed by atoms with E-state index in [1.807, 2.05) is 48.5 Å². The van der Waals surface area contributed by atoms with Gasteiger partial charge in [0.05, 0.1) is 33.0 Å². The lowest BCUT2D eigenvalue weighted by molar-refractivity contribution is -0.0345. The van der Waals surface area contributed by atoms with Crippen LogP contribution in [0.2, 0.25) is 0 Å². The Morgan fingerprint density at radius 1 is 0.400 bits per heavy atom. The average molecular weight is 469 g/mol. The van der Waals surface area contributed by atoms with Gasteiger partial charge in [0.25, 0.3) is 0 Å². The Morgan fingerprint density at radius 3 is 1.23 bits per heavy atom. The highest BCUT2D eigenvalue weighted by Crippen LogP contribution is 2.40. The fourth-order valence-corrected chi connectivity index (χ4v) is 4.08. The average Bonchev–Trinajstić information content (AvgIpc) is 2.94. The molecule has 0 saturated carbocycles. The van der Waals surface area contributed by atoms with Crippen LogP contribution in [-0.4, -0.2) is 39.6 Å². The van der Waals surface area contributed by atoms with E-state index in [0.29, 0.717) is 39.6 Å².